The van der Waals surface area contributed by atoms with Crippen molar-refractivity contribution in [3.05, 3.63) is 24.3 Å². The lowest BCUT2D eigenvalue weighted by Gasteiger charge is -2.05. The van der Waals surface area contributed by atoms with E-state index in [-0.39, 0.29) is 10.2 Å². The van der Waals surface area contributed by atoms with E-state index in [1.165, 1.54) is 11.3 Å². The molecule has 0 N–H and O–H groups in total. The van der Waals surface area contributed by atoms with Gasteiger partial charge in [-0.1, -0.05) is 12.1 Å². The van der Waals surface area contributed by atoms with Crippen molar-refractivity contribution in [2.75, 3.05) is 5.88 Å². The van der Waals surface area contributed by atoms with Crippen LogP contribution in [0.4, 0.5) is 0 Å². The number of fused-ring (bicyclic) bond motifs is 1. The van der Waals surface area contributed by atoms with Crippen LogP contribution in [0, 0.1) is 0 Å². The quantitative estimate of drug-likeness (QED) is 0.809. The molecule has 16 heavy (non-hydrogen) atoms. The van der Waals surface area contributed by atoms with Gasteiger partial charge in [0.25, 0.3) is 0 Å². The number of halogens is 1. The van der Waals surface area contributed by atoms with Crippen LogP contribution >= 0.6 is 22.9 Å². The summed E-state index contributed by atoms with van der Waals surface area (Å²) in [6.45, 7) is 1.59. The van der Waals surface area contributed by atoms with Crippen LogP contribution in [0.25, 0.3) is 10.2 Å². The molecule has 0 radical (unpaired) electrons. The zero-order valence-corrected chi connectivity index (χ0v) is 10.9. The molecule has 2 rings (SSSR count). The molecule has 3 nitrogen and oxygen atoms in total. The summed E-state index contributed by atoms with van der Waals surface area (Å²) >= 11 is 6.77. The van der Waals surface area contributed by atoms with Gasteiger partial charge < -0.3 is 0 Å². The van der Waals surface area contributed by atoms with Gasteiger partial charge in [0.2, 0.25) is 14.2 Å². The fourth-order valence-electron chi connectivity index (χ4n) is 1.23. The van der Waals surface area contributed by atoms with Gasteiger partial charge in [-0.25, -0.2) is 13.4 Å². The van der Waals surface area contributed by atoms with Gasteiger partial charge in [-0.3, -0.25) is 0 Å². The second-order valence-electron chi connectivity index (χ2n) is 3.46. The van der Waals surface area contributed by atoms with E-state index in [4.69, 9.17) is 11.6 Å². The summed E-state index contributed by atoms with van der Waals surface area (Å²) in [5.41, 5.74) is 0.716. The minimum atomic E-state index is -3.38. The highest BCUT2D eigenvalue weighted by molar-refractivity contribution is 7.94. The van der Waals surface area contributed by atoms with E-state index in [1.807, 2.05) is 18.2 Å². The summed E-state index contributed by atoms with van der Waals surface area (Å²) in [7, 11) is -3.38. The van der Waals surface area contributed by atoms with Crippen molar-refractivity contribution in [2.24, 2.45) is 0 Å². The monoisotopic (exact) mass is 275 g/mol. The SMILES string of the molecule is CC(CCl)S(=O)(=O)c1nc2ccccc2s1. The first-order valence-corrected chi connectivity index (χ1v) is 7.61. The van der Waals surface area contributed by atoms with Crippen LogP contribution in [0.3, 0.4) is 0 Å². The molecule has 0 aliphatic carbocycles. The Bertz CT molecular complexity index is 573. The molecule has 1 unspecified atom stereocenters. The topological polar surface area (TPSA) is 47.0 Å². The molecule has 86 valence electrons. The molecule has 0 bridgehead atoms. The zero-order chi connectivity index (χ0) is 11.8. The maximum Gasteiger partial charge on any atom is 0.210 e. The van der Waals surface area contributed by atoms with Crippen LogP contribution in [-0.2, 0) is 9.84 Å². The maximum atomic E-state index is 12.0. The van der Waals surface area contributed by atoms with E-state index in [2.05, 4.69) is 4.98 Å². The van der Waals surface area contributed by atoms with Crippen LogP contribution in [0.5, 0.6) is 0 Å². The second-order valence-corrected chi connectivity index (χ2v) is 7.34. The van der Waals surface area contributed by atoms with E-state index in [0.717, 1.165) is 4.70 Å². The van der Waals surface area contributed by atoms with Gasteiger partial charge in [0.1, 0.15) is 0 Å². The molecule has 0 fully saturated rings. The van der Waals surface area contributed by atoms with E-state index >= 15 is 0 Å². The van der Waals surface area contributed by atoms with Gasteiger partial charge in [0.15, 0.2) is 0 Å². The Morgan fingerprint density at radius 1 is 1.44 bits per heavy atom. The third-order valence-electron chi connectivity index (χ3n) is 2.26. The Hall–Kier alpha value is -0.650. The van der Waals surface area contributed by atoms with Gasteiger partial charge in [0, 0.05) is 5.88 Å². The number of thiazole rings is 1. The van der Waals surface area contributed by atoms with Gasteiger partial charge in [0.05, 0.1) is 15.5 Å². The summed E-state index contributed by atoms with van der Waals surface area (Å²) in [6, 6.07) is 7.36. The largest absolute Gasteiger partial charge is 0.225 e. The third-order valence-corrected chi connectivity index (χ3v) is 6.49. The smallest absolute Gasteiger partial charge is 0.210 e. The number of rotatable bonds is 3. The first-order valence-electron chi connectivity index (χ1n) is 4.71. The molecule has 0 saturated heterocycles. The van der Waals surface area contributed by atoms with Crippen molar-refractivity contribution in [1.29, 1.82) is 0 Å². The fraction of sp³-hybridized carbons (Fsp3) is 0.300. The van der Waals surface area contributed by atoms with Crippen molar-refractivity contribution in [3.8, 4) is 0 Å². The number of nitrogens with zero attached hydrogens (tertiary/aromatic N) is 1. The number of hydrogen-bond donors (Lipinski definition) is 0. The summed E-state index contributed by atoms with van der Waals surface area (Å²) in [5.74, 6) is 0.0816. The Labute approximate surface area is 103 Å². The Kier molecular flexibility index (Phi) is 3.19. The number of benzene rings is 1. The average Bonchev–Trinajstić information content (AvgIpc) is 2.72. The first kappa shape index (κ1) is 11.8. The normalized spacial score (nSPS) is 14.1. The predicted octanol–water partition coefficient (Wildman–Crippen LogP) is 2.70. The number of hydrogen-bond acceptors (Lipinski definition) is 4. The summed E-state index contributed by atoms with van der Waals surface area (Å²) in [4.78, 5) is 4.13. The molecule has 0 aliphatic rings. The Morgan fingerprint density at radius 3 is 2.75 bits per heavy atom. The minimum absolute atomic E-state index is 0.0816. The summed E-state index contributed by atoms with van der Waals surface area (Å²) in [6.07, 6.45) is 0. The maximum absolute atomic E-state index is 12.0. The highest BCUT2D eigenvalue weighted by Gasteiger charge is 2.26. The van der Waals surface area contributed by atoms with Crippen LogP contribution in [0.15, 0.2) is 28.6 Å². The molecule has 0 saturated carbocycles. The molecule has 6 heteroatoms. The van der Waals surface area contributed by atoms with Crippen molar-refractivity contribution >= 4 is 43.0 Å². The van der Waals surface area contributed by atoms with Gasteiger partial charge >= 0.3 is 0 Å². The zero-order valence-electron chi connectivity index (χ0n) is 8.55. The number of aromatic nitrogens is 1. The van der Waals surface area contributed by atoms with E-state index in [9.17, 15) is 8.42 Å². The predicted molar refractivity (Wildman–Crippen MR) is 67.0 cm³/mol. The number of alkyl halides is 1. The lowest BCUT2D eigenvalue weighted by Crippen LogP contribution is -2.19. The number of sulfone groups is 1. The third kappa shape index (κ3) is 1.95. The molecule has 1 atom stereocenters. The molecular formula is C10H10ClNO2S2. The number of para-hydroxylation sites is 1. The molecule has 0 spiro atoms. The summed E-state index contributed by atoms with van der Waals surface area (Å²) < 4.78 is 25.0. The molecular weight excluding hydrogens is 266 g/mol. The van der Waals surface area contributed by atoms with Gasteiger partial charge in [-0.15, -0.1) is 22.9 Å². The van der Waals surface area contributed by atoms with Crippen LogP contribution < -0.4 is 0 Å². The van der Waals surface area contributed by atoms with Gasteiger partial charge in [-0.05, 0) is 19.1 Å². The van der Waals surface area contributed by atoms with Crippen molar-refractivity contribution < 1.29 is 8.42 Å². The minimum Gasteiger partial charge on any atom is -0.225 e. The fourth-order valence-corrected chi connectivity index (χ4v) is 4.38. The van der Waals surface area contributed by atoms with Crippen LogP contribution in [0.2, 0.25) is 0 Å². The van der Waals surface area contributed by atoms with Crippen molar-refractivity contribution in [3.63, 3.8) is 0 Å². The van der Waals surface area contributed by atoms with E-state index < -0.39 is 15.1 Å². The molecule has 0 amide bonds. The van der Waals surface area contributed by atoms with Crippen LogP contribution in [0.1, 0.15) is 6.92 Å². The Morgan fingerprint density at radius 2 is 2.12 bits per heavy atom. The molecule has 1 aromatic heterocycles. The molecule has 0 aliphatic heterocycles. The first-order chi connectivity index (χ1) is 7.55. The molecule has 2 aromatic rings. The standard InChI is InChI=1S/C10H10ClNO2S2/c1-7(6-11)16(13,14)10-12-8-4-2-3-5-9(8)15-10/h2-5,7H,6H2,1H3. The molecule has 1 heterocycles. The van der Waals surface area contributed by atoms with Crippen molar-refractivity contribution in [1.82, 2.24) is 4.98 Å². The molecule has 1 aromatic carbocycles. The lowest BCUT2D eigenvalue weighted by atomic mass is 10.3. The van der Waals surface area contributed by atoms with E-state index in [1.54, 1.807) is 13.0 Å². The second kappa shape index (κ2) is 4.31. The van der Waals surface area contributed by atoms with Crippen LogP contribution in [-0.4, -0.2) is 24.5 Å². The van der Waals surface area contributed by atoms with Crippen molar-refractivity contribution in [2.45, 2.75) is 16.5 Å². The highest BCUT2D eigenvalue weighted by atomic mass is 35.5. The Balaban J connectivity index is 2.56. The summed E-state index contributed by atoms with van der Waals surface area (Å²) in [5, 5.41) is -0.602. The van der Waals surface area contributed by atoms with Gasteiger partial charge in [-0.2, -0.15) is 0 Å². The highest BCUT2D eigenvalue weighted by Crippen LogP contribution is 2.27. The van der Waals surface area contributed by atoms with E-state index in [0.29, 0.717) is 5.52 Å². The lowest BCUT2D eigenvalue weighted by molar-refractivity contribution is 0.587. The average molecular weight is 276 g/mol.